The summed E-state index contributed by atoms with van der Waals surface area (Å²) in [6.45, 7) is 5.15. The Morgan fingerprint density at radius 2 is 1.48 bits per heavy atom. The Kier molecular flexibility index (Phi) is 6.33. The number of hydrogen-bond donors (Lipinski definition) is 1. The van der Waals surface area contributed by atoms with Crippen LogP contribution in [0, 0.1) is 0 Å². The summed E-state index contributed by atoms with van der Waals surface area (Å²) in [5.41, 5.74) is 0.870. The minimum absolute atomic E-state index is 0.403. The number of nitrogens with one attached hydrogen (secondary N) is 1. The van der Waals surface area contributed by atoms with E-state index in [-0.39, 0.29) is 0 Å². The van der Waals surface area contributed by atoms with E-state index in [1.54, 1.807) is 6.07 Å². The van der Waals surface area contributed by atoms with Crippen molar-refractivity contribution in [3.63, 3.8) is 0 Å². The number of hydrogen-bond acceptors (Lipinski definition) is 5. The highest BCUT2D eigenvalue weighted by molar-refractivity contribution is 6.07. The van der Waals surface area contributed by atoms with E-state index in [0.29, 0.717) is 45.2 Å². The first-order chi connectivity index (χ1) is 14.9. The van der Waals surface area contributed by atoms with Crippen LogP contribution >= 0.6 is 0 Å². The summed E-state index contributed by atoms with van der Waals surface area (Å²) in [5.74, 6) is -0.790. The molecule has 0 unspecified atom stereocenters. The van der Waals surface area contributed by atoms with Crippen LogP contribution in [-0.2, 0) is 15.7 Å². The molecule has 1 amide bonds. The maximum absolute atomic E-state index is 13.4. The van der Waals surface area contributed by atoms with Crippen molar-refractivity contribution in [2.45, 2.75) is 6.18 Å². The number of halogens is 3. The zero-order chi connectivity index (χ0) is 21.8. The predicted molar refractivity (Wildman–Crippen MR) is 112 cm³/mol. The maximum atomic E-state index is 13.4. The average Bonchev–Trinajstić information content (AvgIpc) is 2.80. The molecule has 2 aliphatic rings. The minimum atomic E-state index is -4.61. The van der Waals surface area contributed by atoms with E-state index >= 15 is 0 Å². The van der Waals surface area contributed by atoms with Gasteiger partial charge in [0.15, 0.2) is 0 Å². The highest BCUT2D eigenvalue weighted by Gasteiger charge is 2.35. The fraction of sp³-hybridized carbons (Fsp3) is 0.409. The van der Waals surface area contributed by atoms with Crippen LogP contribution in [0.15, 0.2) is 42.5 Å². The quantitative estimate of drug-likeness (QED) is 0.795. The molecule has 2 aromatic rings. The van der Waals surface area contributed by atoms with Gasteiger partial charge in [0.2, 0.25) is 0 Å². The van der Waals surface area contributed by atoms with E-state index in [1.165, 1.54) is 18.2 Å². The number of morpholine rings is 2. The largest absolute Gasteiger partial charge is 0.417 e. The van der Waals surface area contributed by atoms with Crippen LogP contribution in [0.1, 0.15) is 15.9 Å². The Balaban J connectivity index is 1.65. The molecule has 0 atom stereocenters. The zero-order valence-electron chi connectivity index (χ0n) is 17.0. The van der Waals surface area contributed by atoms with Crippen LogP contribution in [0.3, 0.4) is 0 Å². The number of benzene rings is 2. The van der Waals surface area contributed by atoms with E-state index in [1.807, 2.05) is 12.1 Å². The molecule has 4 rings (SSSR count). The number of nitrogens with zero attached hydrogens (tertiary/aromatic N) is 2. The lowest BCUT2D eigenvalue weighted by Crippen LogP contribution is -2.38. The van der Waals surface area contributed by atoms with Crippen LogP contribution in [0.25, 0.3) is 0 Å². The molecule has 1 N–H and O–H groups in total. The van der Waals surface area contributed by atoms with Gasteiger partial charge < -0.3 is 24.6 Å². The normalized spacial score (nSPS) is 17.5. The lowest BCUT2D eigenvalue weighted by atomic mass is 10.1. The summed E-state index contributed by atoms with van der Waals surface area (Å²) >= 11 is 0. The number of rotatable bonds is 4. The van der Waals surface area contributed by atoms with Crippen LogP contribution < -0.4 is 15.1 Å². The van der Waals surface area contributed by atoms with E-state index in [2.05, 4.69) is 15.1 Å². The van der Waals surface area contributed by atoms with Crippen molar-refractivity contribution in [2.75, 3.05) is 67.7 Å². The van der Waals surface area contributed by atoms with Gasteiger partial charge in [0.05, 0.1) is 48.9 Å². The topological polar surface area (TPSA) is 54.0 Å². The van der Waals surface area contributed by atoms with Crippen molar-refractivity contribution in [1.29, 1.82) is 0 Å². The second kappa shape index (κ2) is 9.15. The third kappa shape index (κ3) is 4.94. The molecule has 9 heteroatoms. The molecule has 0 aliphatic carbocycles. The molecule has 0 spiro atoms. The highest BCUT2D eigenvalue weighted by atomic mass is 19.4. The Morgan fingerprint density at radius 1 is 0.871 bits per heavy atom. The second-order valence-corrected chi connectivity index (χ2v) is 7.40. The Morgan fingerprint density at radius 3 is 2.13 bits per heavy atom. The summed E-state index contributed by atoms with van der Waals surface area (Å²) in [7, 11) is 0. The van der Waals surface area contributed by atoms with Crippen molar-refractivity contribution in [1.82, 2.24) is 0 Å². The fourth-order valence-electron chi connectivity index (χ4n) is 3.83. The molecule has 0 radical (unpaired) electrons. The van der Waals surface area contributed by atoms with Crippen molar-refractivity contribution in [3.05, 3.63) is 53.6 Å². The molecule has 0 bridgehead atoms. The molecule has 166 valence electrons. The smallest absolute Gasteiger partial charge is 0.378 e. The second-order valence-electron chi connectivity index (χ2n) is 7.40. The first kappa shape index (κ1) is 21.5. The monoisotopic (exact) mass is 435 g/mol. The molecule has 0 aromatic heterocycles. The average molecular weight is 435 g/mol. The maximum Gasteiger partial charge on any atom is 0.417 e. The van der Waals surface area contributed by atoms with Crippen molar-refractivity contribution >= 4 is 23.0 Å². The Bertz CT molecular complexity index is 924. The van der Waals surface area contributed by atoms with E-state index in [0.717, 1.165) is 30.5 Å². The first-order valence-corrected chi connectivity index (χ1v) is 10.2. The zero-order valence-corrected chi connectivity index (χ0v) is 17.0. The van der Waals surface area contributed by atoms with Gasteiger partial charge in [-0.15, -0.1) is 0 Å². The van der Waals surface area contributed by atoms with Crippen molar-refractivity contribution < 1.29 is 27.4 Å². The molecular weight excluding hydrogens is 411 g/mol. The van der Waals surface area contributed by atoms with Crippen LogP contribution in [0.5, 0.6) is 0 Å². The molecule has 6 nitrogen and oxygen atoms in total. The van der Waals surface area contributed by atoms with E-state index in [9.17, 15) is 18.0 Å². The van der Waals surface area contributed by atoms with Crippen molar-refractivity contribution in [2.24, 2.45) is 0 Å². The van der Waals surface area contributed by atoms with E-state index < -0.39 is 23.2 Å². The SMILES string of the molecule is O=C(Nc1ccc(N2CCOCC2)cc1N1CCOCC1)c1ccccc1C(F)(F)F. The Labute approximate surface area is 178 Å². The van der Waals surface area contributed by atoms with Gasteiger partial charge in [-0.3, -0.25) is 4.79 Å². The lowest BCUT2D eigenvalue weighted by Gasteiger charge is -2.33. The van der Waals surface area contributed by atoms with Gasteiger partial charge in [-0.25, -0.2) is 0 Å². The van der Waals surface area contributed by atoms with Crippen LogP contribution in [0.4, 0.5) is 30.2 Å². The third-order valence-corrected chi connectivity index (χ3v) is 5.43. The predicted octanol–water partition coefficient (Wildman–Crippen LogP) is 3.63. The summed E-state index contributed by atoms with van der Waals surface area (Å²) in [6, 6.07) is 10.4. The number of alkyl halides is 3. The molecular formula is C22H24F3N3O3. The third-order valence-electron chi connectivity index (χ3n) is 5.43. The summed E-state index contributed by atoms with van der Waals surface area (Å²) in [6.07, 6.45) is -4.61. The van der Waals surface area contributed by atoms with Gasteiger partial charge in [0, 0.05) is 31.9 Å². The number of carbonyl (C=O) groups is 1. The molecule has 2 aromatic carbocycles. The molecule has 2 fully saturated rings. The van der Waals surface area contributed by atoms with E-state index in [4.69, 9.17) is 9.47 Å². The number of anilines is 3. The molecule has 0 saturated carbocycles. The van der Waals surface area contributed by atoms with Crippen LogP contribution in [-0.4, -0.2) is 58.5 Å². The molecule has 2 aliphatic heterocycles. The summed E-state index contributed by atoms with van der Waals surface area (Å²) in [5, 5.41) is 2.70. The summed E-state index contributed by atoms with van der Waals surface area (Å²) in [4.78, 5) is 17.1. The fourth-order valence-corrected chi connectivity index (χ4v) is 3.83. The Hall–Kier alpha value is -2.78. The minimum Gasteiger partial charge on any atom is -0.378 e. The molecule has 31 heavy (non-hydrogen) atoms. The van der Waals surface area contributed by atoms with Crippen LogP contribution in [0.2, 0.25) is 0 Å². The van der Waals surface area contributed by atoms with Gasteiger partial charge in [0.1, 0.15) is 0 Å². The molecule has 2 heterocycles. The van der Waals surface area contributed by atoms with Gasteiger partial charge in [-0.2, -0.15) is 13.2 Å². The summed E-state index contributed by atoms with van der Waals surface area (Å²) < 4.78 is 50.9. The van der Waals surface area contributed by atoms with Crippen molar-refractivity contribution in [3.8, 4) is 0 Å². The highest BCUT2D eigenvalue weighted by Crippen LogP contribution is 2.35. The van der Waals surface area contributed by atoms with Gasteiger partial charge in [0.25, 0.3) is 5.91 Å². The number of amides is 1. The number of ether oxygens (including phenoxy) is 2. The van der Waals surface area contributed by atoms with Gasteiger partial charge >= 0.3 is 6.18 Å². The first-order valence-electron chi connectivity index (χ1n) is 10.2. The lowest BCUT2D eigenvalue weighted by molar-refractivity contribution is -0.137. The number of carbonyl (C=O) groups excluding carboxylic acids is 1. The molecule has 2 saturated heterocycles. The van der Waals surface area contributed by atoms with Gasteiger partial charge in [-0.1, -0.05) is 12.1 Å². The van der Waals surface area contributed by atoms with Gasteiger partial charge in [-0.05, 0) is 30.3 Å². The standard InChI is InChI=1S/C22H24F3N3O3/c23-22(24,25)18-4-2-1-3-17(18)21(29)26-19-6-5-16(27-7-11-30-12-8-27)15-20(19)28-9-13-31-14-10-28/h1-6,15H,7-14H2,(H,26,29).